The molecule has 0 atom stereocenters. The summed E-state index contributed by atoms with van der Waals surface area (Å²) in [7, 11) is 0. The van der Waals surface area contributed by atoms with Crippen molar-refractivity contribution in [2.24, 2.45) is 0 Å². The number of carbonyl (C=O) groups excluding carboxylic acids is 1. The quantitative estimate of drug-likeness (QED) is 0.804. The van der Waals surface area contributed by atoms with E-state index in [1.54, 1.807) is 11.3 Å². The lowest BCUT2D eigenvalue weighted by atomic mass is 10.1. The number of hydrogen-bond acceptors (Lipinski definition) is 3. The standard InChI is InChI=1S/C13H12BrNOS/c1-8-5-10(6-9(2)15-8)12(16)7-11-3-4-13(14)17-11/h3-6H,7H2,1-2H3. The molecule has 4 heteroatoms. The smallest absolute Gasteiger partial charge is 0.168 e. The molecule has 0 fully saturated rings. The largest absolute Gasteiger partial charge is 0.294 e. The second kappa shape index (κ2) is 5.10. The van der Waals surface area contributed by atoms with Gasteiger partial charge in [0.25, 0.3) is 0 Å². The average Bonchev–Trinajstić information content (AvgIpc) is 2.62. The predicted octanol–water partition coefficient (Wildman–Crippen LogP) is 3.95. The van der Waals surface area contributed by atoms with E-state index in [0.29, 0.717) is 6.42 Å². The highest BCUT2D eigenvalue weighted by Gasteiger charge is 2.10. The molecule has 2 aromatic heterocycles. The van der Waals surface area contributed by atoms with Gasteiger partial charge in [0.15, 0.2) is 5.78 Å². The van der Waals surface area contributed by atoms with Crippen molar-refractivity contribution in [1.29, 1.82) is 0 Å². The molecule has 0 amide bonds. The van der Waals surface area contributed by atoms with E-state index in [9.17, 15) is 4.79 Å². The van der Waals surface area contributed by atoms with Crippen LogP contribution in [0, 0.1) is 13.8 Å². The summed E-state index contributed by atoms with van der Waals surface area (Å²) in [6.45, 7) is 3.82. The molecule has 0 aromatic carbocycles. The highest BCUT2D eigenvalue weighted by atomic mass is 79.9. The van der Waals surface area contributed by atoms with Gasteiger partial charge in [0.05, 0.1) is 3.79 Å². The monoisotopic (exact) mass is 309 g/mol. The summed E-state index contributed by atoms with van der Waals surface area (Å²) in [6.07, 6.45) is 0.457. The molecule has 2 heterocycles. The van der Waals surface area contributed by atoms with Crippen LogP contribution in [0.15, 0.2) is 28.1 Å². The average molecular weight is 310 g/mol. The molecule has 0 spiro atoms. The number of pyridine rings is 1. The number of carbonyl (C=O) groups is 1. The number of Topliss-reactive ketones (excluding diaryl/α,β-unsaturated/α-hetero) is 1. The number of aryl methyl sites for hydroxylation is 2. The summed E-state index contributed by atoms with van der Waals surface area (Å²) in [6, 6.07) is 7.64. The maximum absolute atomic E-state index is 12.1. The molecule has 0 saturated heterocycles. The van der Waals surface area contributed by atoms with Crippen LogP contribution in [-0.4, -0.2) is 10.8 Å². The maximum atomic E-state index is 12.1. The van der Waals surface area contributed by atoms with Crippen LogP contribution in [0.5, 0.6) is 0 Å². The minimum atomic E-state index is 0.146. The van der Waals surface area contributed by atoms with E-state index in [1.807, 2.05) is 38.1 Å². The molecule has 0 aliphatic carbocycles. The number of nitrogens with zero attached hydrogens (tertiary/aromatic N) is 1. The third-order valence-corrected chi connectivity index (χ3v) is 3.99. The molecule has 0 unspecified atom stereocenters. The fourth-order valence-electron chi connectivity index (χ4n) is 1.70. The van der Waals surface area contributed by atoms with E-state index < -0.39 is 0 Å². The van der Waals surface area contributed by atoms with Crippen LogP contribution in [0.1, 0.15) is 26.6 Å². The van der Waals surface area contributed by atoms with E-state index in [1.165, 1.54) is 0 Å². The molecular weight excluding hydrogens is 298 g/mol. The van der Waals surface area contributed by atoms with Crippen LogP contribution in [-0.2, 0) is 6.42 Å². The number of halogens is 1. The van der Waals surface area contributed by atoms with Crippen molar-refractivity contribution < 1.29 is 4.79 Å². The van der Waals surface area contributed by atoms with E-state index in [2.05, 4.69) is 20.9 Å². The zero-order chi connectivity index (χ0) is 12.4. The molecular formula is C13H12BrNOS. The van der Waals surface area contributed by atoms with Gasteiger partial charge in [0, 0.05) is 28.2 Å². The van der Waals surface area contributed by atoms with E-state index in [0.717, 1.165) is 25.6 Å². The van der Waals surface area contributed by atoms with Crippen molar-refractivity contribution in [3.05, 3.63) is 49.9 Å². The number of aromatic nitrogens is 1. The van der Waals surface area contributed by atoms with E-state index in [-0.39, 0.29) is 5.78 Å². The zero-order valence-electron chi connectivity index (χ0n) is 9.66. The molecule has 2 nitrogen and oxygen atoms in total. The minimum absolute atomic E-state index is 0.146. The van der Waals surface area contributed by atoms with Gasteiger partial charge in [-0.1, -0.05) is 0 Å². The van der Waals surface area contributed by atoms with Crippen LogP contribution in [0.3, 0.4) is 0 Å². The van der Waals surface area contributed by atoms with Crippen LogP contribution in [0.25, 0.3) is 0 Å². The zero-order valence-corrected chi connectivity index (χ0v) is 12.1. The summed E-state index contributed by atoms with van der Waals surface area (Å²) >= 11 is 5.00. The second-order valence-corrected chi connectivity index (χ2v) is 6.49. The molecule has 88 valence electrons. The SMILES string of the molecule is Cc1cc(C(=O)Cc2ccc(Br)s2)cc(C)n1. The highest BCUT2D eigenvalue weighted by molar-refractivity contribution is 9.11. The molecule has 0 aliphatic rings. The maximum Gasteiger partial charge on any atom is 0.168 e. The topological polar surface area (TPSA) is 30.0 Å². The van der Waals surface area contributed by atoms with Gasteiger partial charge in [0.2, 0.25) is 0 Å². The van der Waals surface area contributed by atoms with Gasteiger partial charge in [-0.05, 0) is 54.0 Å². The number of rotatable bonds is 3. The van der Waals surface area contributed by atoms with Crippen LogP contribution < -0.4 is 0 Å². The molecule has 0 N–H and O–H groups in total. The Hall–Kier alpha value is -1.000. The van der Waals surface area contributed by atoms with Crippen molar-refractivity contribution >= 4 is 33.0 Å². The lowest BCUT2D eigenvalue weighted by Gasteiger charge is -2.02. The Kier molecular flexibility index (Phi) is 3.74. The van der Waals surface area contributed by atoms with Crippen molar-refractivity contribution in [3.63, 3.8) is 0 Å². The van der Waals surface area contributed by atoms with E-state index in [4.69, 9.17) is 0 Å². The second-order valence-electron chi connectivity index (χ2n) is 3.94. The Bertz CT molecular complexity index is 542. The van der Waals surface area contributed by atoms with Gasteiger partial charge in [-0.2, -0.15) is 0 Å². The van der Waals surface area contributed by atoms with Gasteiger partial charge in [-0.3, -0.25) is 9.78 Å². The predicted molar refractivity (Wildman–Crippen MR) is 73.8 cm³/mol. The summed E-state index contributed by atoms with van der Waals surface area (Å²) < 4.78 is 1.06. The number of thiophene rings is 1. The number of hydrogen-bond donors (Lipinski definition) is 0. The lowest BCUT2D eigenvalue weighted by Crippen LogP contribution is -2.04. The number of ketones is 1. The van der Waals surface area contributed by atoms with Crippen LogP contribution in [0.4, 0.5) is 0 Å². The fourth-order valence-corrected chi connectivity index (χ4v) is 3.18. The Morgan fingerprint density at radius 1 is 1.29 bits per heavy atom. The van der Waals surface area contributed by atoms with Crippen LogP contribution in [0.2, 0.25) is 0 Å². The van der Waals surface area contributed by atoms with Crippen molar-refractivity contribution in [3.8, 4) is 0 Å². The fraction of sp³-hybridized carbons (Fsp3) is 0.231. The molecule has 2 rings (SSSR count). The molecule has 17 heavy (non-hydrogen) atoms. The normalized spacial score (nSPS) is 10.5. The Balaban J connectivity index is 2.19. The van der Waals surface area contributed by atoms with Crippen molar-refractivity contribution in [2.45, 2.75) is 20.3 Å². The summed E-state index contributed by atoms with van der Waals surface area (Å²) in [5.41, 5.74) is 2.53. The first kappa shape index (κ1) is 12.5. The van der Waals surface area contributed by atoms with Crippen molar-refractivity contribution in [2.75, 3.05) is 0 Å². The lowest BCUT2D eigenvalue weighted by molar-refractivity contribution is 0.0993. The van der Waals surface area contributed by atoms with Gasteiger partial charge in [-0.25, -0.2) is 0 Å². The first-order valence-corrected chi connectivity index (χ1v) is 6.88. The molecule has 2 aromatic rings. The Morgan fingerprint density at radius 2 is 1.94 bits per heavy atom. The molecule has 0 saturated carbocycles. The summed E-state index contributed by atoms with van der Waals surface area (Å²) in [5, 5.41) is 0. The third kappa shape index (κ3) is 3.23. The first-order chi connectivity index (χ1) is 8.04. The molecule has 0 aliphatic heterocycles. The van der Waals surface area contributed by atoms with Gasteiger partial charge >= 0.3 is 0 Å². The highest BCUT2D eigenvalue weighted by Crippen LogP contribution is 2.23. The van der Waals surface area contributed by atoms with E-state index >= 15 is 0 Å². The summed E-state index contributed by atoms with van der Waals surface area (Å²) in [4.78, 5) is 17.4. The van der Waals surface area contributed by atoms with Crippen molar-refractivity contribution in [1.82, 2.24) is 4.98 Å². The van der Waals surface area contributed by atoms with Gasteiger partial charge in [-0.15, -0.1) is 11.3 Å². The molecule has 0 bridgehead atoms. The first-order valence-electron chi connectivity index (χ1n) is 5.27. The summed E-state index contributed by atoms with van der Waals surface area (Å²) in [5.74, 6) is 0.146. The molecule has 0 radical (unpaired) electrons. The third-order valence-electron chi connectivity index (χ3n) is 2.37. The van der Waals surface area contributed by atoms with Gasteiger partial charge < -0.3 is 0 Å². The minimum Gasteiger partial charge on any atom is -0.294 e. The van der Waals surface area contributed by atoms with Crippen LogP contribution >= 0.6 is 27.3 Å². The van der Waals surface area contributed by atoms with Gasteiger partial charge in [0.1, 0.15) is 0 Å². The Labute approximate surface area is 113 Å². The Morgan fingerprint density at radius 3 is 2.47 bits per heavy atom.